The normalized spacial score (nSPS) is 16.8. The lowest BCUT2D eigenvalue weighted by molar-refractivity contribution is -0.137. The lowest BCUT2D eigenvalue weighted by Gasteiger charge is -2.34. The van der Waals surface area contributed by atoms with Crippen molar-refractivity contribution in [2.24, 2.45) is 5.41 Å². The molecule has 1 aliphatic heterocycles. The third-order valence-corrected chi connectivity index (χ3v) is 4.20. The number of rotatable bonds is 7. The number of nitrogens with zero attached hydrogens (tertiary/aromatic N) is 2. The number of piperazine rings is 1. The SMILES string of the molecule is CCN1CCN(C(=O)NCCC(C)(C)CCC(=O)O)CC1. The Bertz CT molecular complexity index is 350. The van der Waals surface area contributed by atoms with Crippen molar-refractivity contribution in [1.29, 1.82) is 0 Å². The van der Waals surface area contributed by atoms with Crippen molar-refractivity contribution in [2.75, 3.05) is 39.3 Å². The predicted molar refractivity (Wildman–Crippen MR) is 82.4 cm³/mol. The lowest BCUT2D eigenvalue weighted by Crippen LogP contribution is -2.51. The van der Waals surface area contributed by atoms with Gasteiger partial charge >= 0.3 is 12.0 Å². The molecule has 0 aromatic carbocycles. The molecule has 1 fully saturated rings. The van der Waals surface area contributed by atoms with E-state index in [-0.39, 0.29) is 17.9 Å². The largest absolute Gasteiger partial charge is 0.481 e. The Morgan fingerprint density at radius 1 is 1.14 bits per heavy atom. The van der Waals surface area contributed by atoms with E-state index in [1.165, 1.54) is 0 Å². The average molecular weight is 299 g/mol. The average Bonchev–Trinajstić information content (AvgIpc) is 2.45. The van der Waals surface area contributed by atoms with Crippen LogP contribution in [0.4, 0.5) is 4.79 Å². The zero-order valence-electron chi connectivity index (χ0n) is 13.5. The van der Waals surface area contributed by atoms with Crippen molar-refractivity contribution < 1.29 is 14.7 Å². The summed E-state index contributed by atoms with van der Waals surface area (Å²) in [5.74, 6) is -0.763. The Kier molecular flexibility index (Phi) is 6.95. The van der Waals surface area contributed by atoms with Gasteiger partial charge in [-0.3, -0.25) is 4.79 Å². The molecular weight excluding hydrogens is 270 g/mol. The van der Waals surface area contributed by atoms with E-state index >= 15 is 0 Å². The van der Waals surface area contributed by atoms with Gasteiger partial charge in [0.2, 0.25) is 0 Å². The van der Waals surface area contributed by atoms with Gasteiger partial charge in [-0.2, -0.15) is 0 Å². The van der Waals surface area contributed by atoms with Gasteiger partial charge < -0.3 is 20.2 Å². The number of urea groups is 1. The first-order valence-corrected chi connectivity index (χ1v) is 7.81. The first-order valence-electron chi connectivity index (χ1n) is 7.81. The smallest absolute Gasteiger partial charge is 0.317 e. The van der Waals surface area contributed by atoms with Gasteiger partial charge in [0.05, 0.1) is 0 Å². The summed E-state index contributed by atoms with van der Waals surface area (Å²) in [5.41, 5.74) is -0.0629. The maximum atomic E-state index is 12.0. The van der Waals surface area contributed by atoms with Gasteiger partial charge in [0.25, 0.3) is 0 Å². The molecule has 0 spiro atoms. The van der Waals surface area contributed by atoms with Crippen LogP contribution >= 0.6 is 0 Å². The van der Waals surface area contributed by atoms with Gasteiger partial charge in [0.15, 0.2) is 0 Å². The highest BCUT2D eigenvalue weighted by Crippen LogP contribution is 2.26. The Morgan fingerprint density at radius 3 is 2.29 bits per heavy atom. The van der Waals surface area contributed by atoms with Gasteiger partial charge in [-0.1, -0.05) is 20.8 Å². The van der Waals surface area contributed by atoms with E-state index in [4.69, 9.17) is 5.11 Å². The molecule has 21 heavy (non-hydrogen) atoms. The Balaban J connectivity index is 2.22. The van der Waals surface area contributed by atoms with Gasteiger partial charge in [-0.15, -0.1) is 0 Å². The van der Waals surface area contributed by atoms with Gasteiger partial charge in [0.1, 0.15) is 0 Å². The second kappa shape index (κ2) is 8.22. The van der Waals surface area contributed by atoms with Crippen molar-refractivity contribution in [3.8, 4) is 0 Å². The van der Waals surface area contributed by atoms with Crippen molar-refractivity contribution in [3.05, 3.63) is 0 Å². The first kappa shape index (κ1) is 17.8. The minimum atomic E-state index is -0.763. The molecule has 2 N–H and O–H groups in total. The number of likely N-dealkylation sites (N-methyl/N-ethyl adjacent to an activating group) is 1. The zero-order valence-corrected chi connectivity index (χ0v) is 13.5. The zero-order chi connectivity index (χ0) is 15.9. The van der Waals surface area contributed by atoms with E-state index in [1.54, 1.807) is 0 Å². The number of carbonyl (C=O) groups is 2. The summed E-state index contributed by atoms with van der Waals surface area (Å²) in [7, 11) is 0. The maximum Gasteiger partial charge on any atom is 0.317 e. The second-order valence-corrected chi connectivity index (χ2v) is 6.46. The number of carboxylic acids is 1. The van der Waals surface area contributed by atoms with E-state index in [0.717, 1.165) is 39.1 Å². The summed E-state index contributed by atoms with van der Waals surface area (Å²) < 4.78 is 0. The van der Waals surface area contributed by atoms with Crippen LogP contribution in [0.3, 0.4) is 0 Å². The molecule has 0 unspecified atom stereocenters. The van der Waals surface area contributed by atoms with Crippen molar-refractivity contribution >= 4 is 12.0 Å². The summed E-state index contributed by atoms with van der Waals surface area (Å²) in [6, 6.07) is -0.000197. The monoisotopic (exact) mass is 299 g/mol. The Morgan fingerprint density at radius 2 is 1.76 bits per heavy atom. The Hall–Kier alpha value is -1.30. The van der Waals surface area contributed by atoms with Crippen LogP contribution in [0, 0.1) is 5.41 Å². The number of carboxylic acid groups (broad SMARTS) is 1. The van der Waals surface area contributed by atoms with Crippen molar-refractivity contribution in [1.82, 2.24) is 15.1 Å². The van der Waals surface area contributed by atoms with Crippen molar-refractivity contribution in [3.63, 3.8) is 0 Å². The minimum Gasteiger partial charge on any atom is -0.481 e. The summed E-state index contributed by atoms with van der Waals surface area (Å²) in [4.78, 5) is 26.8. The van der Waals surface area contributed by atoms with Crippen LogP contribution in [0.15, 0.2) is 0 Å². The summed E-state index contributed by atoms with van der Waals surface area (Å²) in [6.45, 7) is 11.3. The molecular formula is C15H29N3O3. The number of amides is 2. The molecule has 0 atom stereocenters. The molecule has 1 saturated heterocycles. The summed E-state index contributed by atoms with van der Waals surface area (Å²) >= 11 is 0. The van der Waals surface area contributed by atoms with E-state index in [9.17, 15) is 9.59 Å². The van der Waals surface area contributed by atoms with Crippen LogP contribution in [0.1, 0.15) is 40.0 Å². The number of carbonyl (C=O) groups excluding carboxylic acids is 1. The van der Waals surface area contributed by atoms with Gasteiger partial charge in [0, 0.05) is 39.1 Å². The highest BCUT2D eigenvalue weighted by molar-refractivity contribution is 5.74. The van der Waals surface area contributed by atoms with E-state index < -0.39 is 5.97 Å². The molecule has 0 aliphatic carbocycles. The third-order valence-electron chi connectivity index (χ3n) is 4.20. The number of hydrogen-bond acceptors (Lipinski definition) is 3. The minimum absolute atomic E-state index is 0.000197. The molecule has 0 aromatic rings. The molecule has 1 heterocycles. The van der Waals surface area contributed by atoms with Gasteiger partial charge in [-0.25, -0.2) is 4.79 Å². The fraction of sp³-hybridized carbons (Fsp3) is 0.867. The van der Waals surface area contributed by atoms with Crippen LogP contribution in [-0.2, 0) is 4.79 Å². The first-order chi connectivity index (χ1) is 9.84. The van der Waals surface area contributed by atoms with E-state index in [1.807, 2.05) is 18.7 Å². The highest BCUT2D eigenvalue weighted by Gasteiger charge is 2.22. The molecule has 6 heteroatoms. The van der Waals surface area contributed by atoms with Crippen LogP contribution in [-0.4, -0.2) is 66.2 Å². The fourth-order valence-electron chi connectivity index (χ4n) is 2.46. The number of aliphatic carboxylic acids is 1. The fourth-order valence-corrected chi connectivity index (χ4v) is 2.46. The molecule has 2 amide bonds. The highest BCUT2D eigenvalue weighted by atomic mass is 16.4. The maximum absolute atomic E-state index is 12.0. The molecule has 0 bridgehead atoms. The number of nitrogens with one attached hydrogen (secondary N) is 1. The van der Waals surface area contributed by atoms with Crippen LogP contribution in [0.2, 0.25) is 0 Å². The summed E-state index contributed by atoms with van der Waals surface area (Å²) in [6.07, 6.45) is 1.61. The number of hydrogen-bond donors (Lipinski definition) is 2. The summed E-state index contributed by atoms with van der Waals surface area (Å²) in [5, 5.41) is 11.7. The van der Waals surface area contributed by atoms with Crippen LogP contribution in [0.5, 0.6) is 0 Å². The quantitative estimate of drug-likeness (QED) is 0.749. The van der Waals surface area contributed by atoms with Crippen molar-refractivity contribution in [2.45, 2.75) is 40.0 Å². The Labute approximate surface area is 127 Å². The predicted octanol–water partition coefficient (Wildman–Crippen LogP) is 1.61. The van der Waals surface area contributed by atoms with E-state index in [0.29, 0.717) is 13.0 Å². The topological polar surface area (TPSA) is 72.9 Å². The molecule has 0 saturated carbocycles. The molecule has 6 nitrogen and oxygen atoms in total. The molecule has 1 rings (SSSR count). The van der Waals surface area contributed by atoms with Crippen LogP contribution < -0.4 is 5.32 Å². The van der Waals surface area contributed by atoms with Gasteiger partial charge in [-0.05, 0) is 24.8 Å². The lowest BCUT2D eigenvalue weighted by atomic mass is 9.84. The standard InChI is InChI=1S/C15H29N3O3/c1-4-17-9-11-18(12-10-17)14(21)16-8-7-15(2,3)6-5-13(19)20/h4-12H2,1-3H3,(H,16,21)(H,19,20). The second-order valence-electron chi connectivity index (χ2n) is 6.46. The molecule has 0 radical (unpaired) electrons. The molecule has 1 aliphatic rings. The third kappa shape index (κ3) is 6.80. The van der Waals surface area contributed by atoms with Crippen LogP contribution in [0.25, 0.3) is 0 Å². The molecule has 0 aromatic heterocycles. The van der Waals surface area contributed by atoms with E-state index in [2.05, 4.69) is 17.1 Å². The molecule has 122 valence electrons.